The van der Waals surface area contributed by atoms with Gasteiger partial charge in [-0.1, -0.05) is 32.6 Å². The van der Waals surface area contributed by atoms with Gasteiger partial charge >= 0.3 is 0 Å². The standard InChI is InChI=1S/C8H15NS.C4H8S/c1-2-3-4-5-6-7-10-8-9;1-2-4-5-3-1/h2-7H2,1H3;1-4H2. The van der Waals surface area contributed by atoms with Crippen molar-refractivity contribution in [1.29, 1.82) is 5.26 Å². The van der Waals surface area contributed by atoms with E-state index < -0.39 is 0 Å². The lowest BCUT2D eigenvalue weighted by molar-refractivity contribution is 0.659. The number of nitrogens with zero attached hydrogens (tertiary/aromatic N) is 1. The number of hydrogen-bond acceptors (Lipinski definition) is 3. The fraction of sp³-hybridized carbons (Fsp3) is 0.917. The molecule has 1 nitrogen and oxygen atoms in total. The molecule has 3 heteroatoms. The molecule has 0 aromatic heterocycles. The molecule has 1 aliphatic heterocycles. The van der Waals surface area contributed by atoms with Crippen molar-refractivity contribution in [2.75, 3.05) is 17.3 Å². The zero-order valence-corrected chi connectivity index (χ0v) is 11.5. The zero-order chi connectivity index (χ0) is 11.2. The van der Waals surface area contributed by atoms with Gasteiger partial charge in [0.25, 0.3) is 0 Å². The molecule has 1 heterocycles. The molecule has 1 aliphatic rings. The van der Waals surface area contributed by atoms with E-state index in [0.717, 1.165) is 5.75 Å². The fourth-order valence-corrected chi connectivity index (χ4v) is 2.79. The van der Waals surface area contributed by atoms with Crippen LogP contribution < -0.4 is 0 Å². The van der Waals surface area contributed by atoms with Crippen molar-refractivity contribution in [3.05, 3.63) is 0 Å². The van der Waals surface area contributed by atoms with Gasteiger partial charge < -0.3 is 0 Å². The summed E-state index contributed by atoms with van der Waals surface area (Å²) in [5, 5.41) is 10.3. The van der Waals surface area contributed by atoms with Crippen LogP contribution in [0.4, 0.5) is 0 Å². The summed E-state index contributed by atoms with van der Waals surface area (Å²) < 4.78 is 0. The molecular formula is C12H23NS2. The van der Waals surface area contributed by atoms with Crippen LogP contribution in [-0.2, 0) is 0 Å². The summed E-state index contributed by atoms with van der Waals surface area (Å²) in [6.45, 7) is 2.21. The smallest absolute Gasteiger partial charge is 0.133 e. The van der Waals surface area contributed by atoms with Crippen LogP contribution in [-0.4, -0.2) is 17.3 Å². The Bertz CT molecular complexity index is 143. The molecule has 0 radical (unpaired) electrons. The first-order valence-corrected chi connectivity index (χ1v) is 8.14. The molecule has 0 aliphatic carbocycles. The highest BCUT2D eigenvalue weighted by molar-refractivity contribution is 8.03. The predicted octanol–water partition coefficient (Wildman–Crippen LogP) is 4.68. The van der Waals surface area contributed by atoms with Crippen LogP contribution in [0.2, 0.25) is 0 Å². The Morgan fingerprint density at radius 1 is 1.13 bits per heavy atom. The van der Waals surface area contributed by atoms with Crippen LogP contribution in [0, 0.1) is 10.7 Å². The van der Waals surface area contributed by atoms with Gasteiger partial charge in [-0.05, 0) is 42.5 Å². The number of rotatable bonds is 6. The highest BCUT2D eigenvalue weighted by Crippen LogP contribution is 2.14. The number of nitriles is 1. The van der Waals surface area contributed by atoms with E-state index in [2.05, 4.69) is 24.1 Å². The second kappa shape index (κ2) is 14.2. The summed E-state index contributed by atoms with van der Waals surface area (Å²) in [4.78, 5) is 0. The summed E-state index contributed by atoms with van der Waals surface area (Å²) in [5.74, 6) is 3.85. The lowest BCUT2D eigenvalue weighted by Crippen LogP contribution is -1.79. The van der Waals surface area contributed by atoms with Crippen molar-refractivity contribution in [2.24, 2.45) is 0 Å². The van der Waals surface area contributed by atoms with E-state index in [1.54, 1.807) is 0 Å². The fourth-order valence-electron chi connectivity index (χ4n) is 1.33. The number of thioether (sulfide) groups is 2. The van der Waals surface area contributed by atoms with Gasteiger partial charge in [0.2, 0.25) is 0 Å². The molecular weight excluding hydrogens is 222 g/mol. The van der Waals surface area contributed by atoms with E-state index in [1.165, 1.54) is 68.2 Å². The normalized spacial score (nSPS) is 14.1. The number of unbranched alkanes of at least 4 members (excludes halogenated alkanes) is 4. The Balaban J connectivity index is 0.000000322. The lowest BCUT2D eigenvalue weighted by Gasteiger charge is -1.95. The largest absolute Gasteiger partial charge is 0.185 e. The number of hydrogen-bond donors (Lipinski definition) is 0. The van der Waals surface area contributed by atoms with Crippen molar-refractivity contribution < 1.29 is 0 Å². The van der Waals surface area contributed by atoms with Gasteiger partial charge in [0.05, 0.1) is 0 Å². The second-order valence-corrected chi connectivity index (χ2v) is 5.78. The van der Waals surface area contributed by atoms with Crippen molar-refractivity contribution in [3.8, 4) is 5.40 Å². The van der Waals surface area contributed by atoms with Gasteiger partial charge in [0.1, 0.15) is 5.40 Å². The molecule has 1 fully saturated rings. The van der Waals surface area contributed by atoms with Crippen LogP contribution in [0.1, 0.15) is 51.9 Å². The van der Waals surface area contributed by atoms with Crippen molar-refractivity contribution in [1.82, 2.24) is 0 Å². The van der Waals surface area contributed by atoms with Crippen LogP contribution in [0.15, 0.2) is 0 Å². The van der Waals surface area contributed by atoms with Crippen molar-refractivity contribution in [3.63, 3.8) is 0 Å². The molecule has 1 saturated heterocycles. The van der Waals surface area contributed by atoms with Gasteiger partial charge in [0, 0.05) is 5.75 Å². The van der Waals surface area contributed by atoms with Crippen LogP contribution in [0.5, 0.6) is 0 Å². The lowest BCUT2D eigenvalue weighted by atomic mass is 10.2. The Hall–Kier alpha value is 0.190. The van der Waals surface area contributed by atoms with Crippen LogP contribution in [0.3, 0.4) is 0 Å². The maximum atomic E-state index is 8.18. The Morgan fingerprint density at radius 3 is 2.27 bits per heavy atom. The van der Waals surface area contributed by atoms with Gasteiger partial charge in [-0.15, -0.1) is 0 Å². The van der Waals surface area contributed by atoms with E-state index in [1.807, 2.05) is 0 Å². The maximum absolute atomic E-state index is 8.18. The molecule has 0 amide bonds. The first-order valence-electron chi connectivity index (χ1n) is 6.00. The average Bonchev–Trinajstić information content (AvgIpc) is 2.82. The monoisotopic (exact) mass is 245 g/mol. The summed E-state index contributed by atoms with van der Waals surface area (Å²) in [6, 6.07) is 0. The van der Waals surface area contributed by atoms with E-state index in [0.29, 0.717) is 0 Å². The molecule has 0 atom stereocenters. The van der Waals surface area contributed by atoms with Crippen molar-refractivity contribution >= 4 is 23.5 Å². The van der Waals surface area contributed by atoms with E-state index in [4.69, 9.17) is 5.26 Å². The minimum Gasteiger partial charge on any atom is -0.185 e. The number of thiocyanates is 1. The minimum absolute atomic E-state index is 1.01. The SMILES string of the molecule is C1CCSC1.CCCCCCCSC#N. The molecule has 15 heavy (non-hydrogen) atoms. The zero-order valence-electron chi connectivity index (χ0n) is 9.83. The highest BCUT2D eigenvalue weighted by Gasteiger charge is 1.95. The summed E-state index contributed by atoms with van der Waals surface area (Å²) in [5.41, 5.74) is 0. The first kappa shape index (κ1) is 15.2. The Morgan fingerprint density at radius 2 is 1.80 bits per heavy atom. The average molecular weight is 245 g/mol. The third-order valence-electron chi connectivity index (χ3n) is 2.24. The molecule has 1 rings (SSSR count). The molecule has 0 bridgehead atoms. The van der Waals surface area contributed by atoms with Gasteiger partial charge in [-0.2, -0.15) is 17.0 Å². The molecule has 0 saturated carbocycles. The molecule has 0 unspecified atom stereocenters. The molecule has 0 aromatic rings. The Kier molecular flexibility index (Phi) is 14.4. The van der Waals surface area contributed by atoms with Gasteiger partial charge in [-0.25, -0.2) is 0 Å². The summed E-state index contributed by atoms with van der Waals surface area (Å²) >= 11 is 3.45. The minimum atomic E-state index is 1.01. The van der Waals surface area contributed by atoms with Gasteiger partial charge in [0.15, 0.2) is 0 Å². The molecule has 0 aromatic carbocycles. The highest BCUT2D eigenvalue weighted by atomic mass is 32.2. The first-order chi connectivity index (χ1) is 7.41. The quantitative estimate of drug-likeness (QED) is 0.501. The third kappa shape index (κ3) is 14.2. The summed E-state index contributed by atoms with van der Waals surface area (Å²) in [6.07, 6.45) is 9.40. The topological polar surface area (TPSA) is 23.8 Å². The maximum Gasteiger partial charge on any atom is 0.133 e. The Labute approximate surface area is 103 Å². The van der Waals surface area contributed by atoms with Crippen LogP contribution in [0.25, 0.3) is 0 Å². The van der Waals surface area contributed by atoms with Crippen molar-refractivity contribution in [2.45, 2.75) is 51.9 Å². The summed E-state index contributed by atoms with van der Waals surface area (Å²) in [7, 11) is 0. The van der Waals surface area contributed by atoms with E-state index >= 15 is 0 Å². The molecule has 0 spiro atoms. The molecule has 88 valence electrons. The predicted molar refractivity (Wildman–Crippen MR) is 73.4 cm³/mol. The second-order valence-electron chi connectivity index (χ2n) is 3.67. The van der Waals surface area contributed by atoms with E-state index in [-0.39, 0.29) is 0 Å². The van der Waals surface area contributed by atoms with Crippen LogP contribution >= 0.6 is 23.5 Å². The third-order valence-corrected chi connectivity index (χ3v) is 4.02. The molecule has 0 N–H and O–H groups in total. The van der Waals surface area contributed by atoms with E-state index in [9.17, 15) is 0 Å². The van der Waals surface area contributed by atoms with Gasteiger partial charge in [-0.3, -0.25) is 0 Å².